The lowest BCUT2D eigenvalue weighted by molar-refractivity contribution is 0.101. The molecule has 3 rings (SSSR count). The van der Waals surface area contributed by atoms with Gasteiger partial charge in [-0.1, -0.05) is 12.8 Å². The van der Waals surface area contributed by atoms with E-state index in [9.17, 15) is 4.79 Å². The largest absolute Gasteiger partial charge is 0.372 e. The van der Waals surface area contributed by atoms with Crippen molar-refractivity contribution >= 4 is 17.3 Å². The molecule has 0 atom stereocenters. The van der Waals surface area contributed by atoms with Gasteiger partial charge in [0, 0.05) is 37.7 Å². The fourth-order valence-corrected chi connectivity index (χ4v) is 2.88. The summed E-state index contributed by atoms with van der Waals surface area (Å²) in [4.78, 5) is 14.6. The summed E-state index contributed by atoms with van der Waals surface area (Å²) in [6, 6.07) is 9.82. The molecule has 2 heterocycles. The van der Waals surface area contributed by atoms with E-state index in [1.54, 1.807) is 24.0 Å². The maximum Gasteiger partial charge on any atom is 0.273 e. The first-order chi connectivity index (χ1) is 10.7. The summed E-state index contributed by atoms with van der Waals surface area (Å²) < 4.78 is 1.57. The minimum Gasteiger partial charge on any atom is -0.372 e. The molecule has 1 aromatic carbocycles. The van der Waals surface area contributed by atoms with Gasteiger partial charge in [-0.05, 0) is 43.2 Å². The predicted octanol–water partition coefficient (Wildman–Crippen LogP) is 3.05. The van der Waals surface area contributed by atoms with E-state index in [1.807, 2.05) is 12.1 Å². The van der Waals surface area contributed by atoms with Crippen LogP contribution in [-0.2, 0) is 7.05 Å². The number of aromatic nitrogens is 2. The summed E-state index contributed by atoms with van der Waals surface area (Å²) in [7, 11) is 1.76. The first-order valence-electron chi connectivity index (χ1n) is 7.88. The van der Waals surface area contributed by atoms with Gasteiger partial charge in [-0.3, -0.25) is 9.48 Å². The third-order valence-corrected chi connectivity index (χ3v) is 4.15. The Kier molecular flexibility index (Phi) is 4.42. The predicted molar refractivity (Wildman–Crippen MR) is 88.3 cm³/mol. The van der Waals surface area contributed by atoms with Gasteiger partial charge in [0.1, 0.15) is 5.69 Å². The number of carbonyl (C=O) groups excluding carboxylic acids is 1. The maximum absolute atomic E-state index is 12.1. The Balaban J connectivity index is 1.66. The van der Waals surface area contributed by atoms with Gasteiger partial charge < -0.3 is 10.2 Å². The Morgan fingerprint density at radius 2 is 1.73 bits per heavy atom. The first-order valence-corrected chi connectivity index (χ1v) is 7.88. The topological polar surface area (TPSA) is 50.2 Å². The van der Waals surface area contributed by atoms with Crippen LogP contribution < -0.4 is 10.2 Å². The summed E-state index contributed by atoms with van der Waals surface area (Å²) in [5.41, 5.74) is 2.60. The lowest BCUT2D eigenvalue weighted by atomic mass is 10.2. The van der Waals surface area contributed by atoms with Crippen LogP contribution >= 0.6 is 0 Å². The third kappa shape index (κ3) is 3.30. The zero-order chi connectivity index (χ0) is 15.4. The van der Waals surface area contributed by atoms with E-state index in [4.69, 9.17) is 0 Å². The molecule has 0 bridgehead atoms. The van der Waals surface area contributed by atoms with Crippen molar-refractivity contribution < 1.29 is 4.79 Å². The highest BCUT2D eigenvalue weighted by Gasteiger charge is 2.12. The standard InChI is InChI=1S/C17H22N4O/c1-20-16(10-11-18-20)17(22)19-14-6-8-15(9-7-14)21-12-4-2-3-5-13-21/h6-11H,2-5,12-13H2,1H3,(H,19,22). The minimum atomic E-state index is -0.137. The Bertz CT molecular complexity index is 624. The Labute approximate surface area is 130 Å². The van der Waals surface area contributed by atoms with Gasteiger partial charge in [0.05, 0.1) is 0 Å². The van der Waals surface area contributed by atoms with Crippen molar-refractivity contribution in [3.8, 4) is 0 Å². The Morgan fingerprint density at radius 1 is 1.05 bits per heavy atom. The Morgan fingerprint density at radius 3 is 2.32 bits per heavy atom. The first kappa shape index (κ1) is 14.6. The van der Waals surface area contributed by atoms with Crippen LogP contribution in [0, 0.1) is 0 Å². The second-order valence-electron chi connectivity index (χ2n) is 5.74. The SMILES string of the molecule is Cn1nccc1C(=O)Nc1ccc(N2CCCCCC2)cc1. The zero-order valence-corrected chi connectivity index (χ0v) is 13.0. The number of hydrogen-bond acceptors (Lipinski definition) is 3. The molecular formula is C17H22N4O. The van der Waals surface area contributed by atoms with Crippen LogP contribution in [0.5, 0.6) is 0 Å². The summed E-state index contributed by atoms with van der Waals surface area (Å²) in [6.45, 7) is 2.25. The van der Waals surface area contributed by atoms with Crippen molar-refractivity contribution in [2.45, 2.75) is 25.7 Å². The molecule has 0 saturated carbocycles. The lowest BCUT2D eigenvalue weighted by Gasteiger charge is -2.22. The van der Waals surface area contributed by atoms with E-state index in [-0.39, 0.29) is 5.91 Å². The molecule has 1 aliphatic rings. The van der Waals surface area contributed by atoms with Crippen molar-refractivity contribution in [1.82, 2.24) is 9.78 Å². The Hall–Kier alpha value is -2.30. The highest BCUT2D eigenvalue weighted by atomic mass is 16.2. The van der Waals surface area contributed by atoms with Crippen molar-refractivity contribution in [3.63, 3.8) is 0 Å². The molecule has 1 aliphatic heterocycles. The molecule has 1 saturated heterocycles. The summed E-state index contributed by atoms with van der Waals surface area (Å²) in [5, 5.41) is 6.92. The number of nitrogens with one attached hydrogen (secondary N) is 1. The number of aryl methyl sites for hydroxylation is 1. The van der Waals surface area contributed by atoms with Crippen LogP contribution in [0.25, 0.3) is 0 Å². The third-order valence-electron chi connectivity index (χ3n) is 4.15. The fraction of sp³-hybridized carbons (Fsp3) is 0.412. The van der Waals surface area contributed by atoms with E-state index < -0.39 is 0 Å². The lowest BCUT2D eigenvalue weighted by Crippen LogP contribution is -2.23. The van der Waals surface area contributed by atoms with Crippen molar-refractivity contribution in [1.29, 1.82) is 0 Å². The van der Waals surface area contributed by atoms with Gasteiger partial charge >= 0.3 is 0 Å². The molecule has 0 spiro atoms. The molecule has 0 unspecified atom stereocenters. The molecule has 116 valence electrons. The second kappa shape index (κ2) is 6.64. The van der Waals surface area contributed by atoms with Gasteiger partial charge in [0.15, 0.2) is 0 Å². The van der Waals surface area contributed by atoms with Gasteiger partial charge in [0.2, 0.25) is 0 Å². The van der Waals surface area contributed by atoms with Gasteiger partial charge in [-0.25, -0.2) is 0 Å². The molecule has 1 amide bonds. The normalized spacial score (nSPS) is 15.4. The van der Waals surface area contributed by atoms with E-state index in [2.05, 4.69) is 27.4 Å². The summed E-state index contributed by atoms with van der Waals surface area (Å²) in [5.74, 6) is -0.137. The van der Waals surface area contributed by atoms with E-state index in [0.717, 1.165) is 18.8 Å². The van der Waals surface area contributed by atoms with Crippen LogP contribution in [0.2, 0.25) is 0 Å². The highest BCUT2D eigenvalue weighted by Crippen LogP contribution is 2.21. The molecule has 22 heavy (non-hydrogen) atoms. The van der Waals surface area contributed by atoms with Crippen LogP contribution in [0.1, 0.15) is 36.2 Å². The van der Waals surface area contributed by atoms with E-state index >= 15 is 0 Å². The molecule has 2 aromatic rings. The number of rotatable bonds is 3. The molecule has 1 N–H and O–H groups in total. The molecule has 0 aliphatic carbocycles. The number of amides is 1. The molecule has 1 fully saturated rings. The molecule has 5 nitrogen and oxygen atoms in total. The number of anilines is 2. The van der Waals surface area contributed by atoms with E-state index in [0.29, 0.717) is 5.69 Å². The zero-order valence-electron chi connectivity index (χ0n) is 13.0. The molecule has 1 aromatic heterocycles. The van der Waals surface area contributed by atoms with Gasteiger partial charge in [-0.2, -0.15) is 5.10 Å². The van der Waals surface area contributed by atoms with Crippen LogP contribution in [-0.4, -0.2) is 28.8 Å². The number of carbonyl (C=O) groups is 1. The highest BCUT2D eigenvalue weighted by molar-refractivity contribution is 6.03. The van der Waals surface area contributed by atoms with Crippen molar-refractivity contribution in [2.75, 3.05) is 23.3 Å². The van der Waals surface area contributed by atoms with Crippen LogP contribution in [0.4, 0.5) is 11.4 Å². The smallest absolute Gasteiger partial charge is 0.273 e. The summed E-state index contributed by atoms with van der Waals surface area (Å²) >= 11 is 0. The van der Waals surface area contributed by atoms with Crippen molar-refractivity contribution in [3.05, 3.63) is 42.2 Å². The number of hydrogen-bond donors (Lipinski definition) is 1. The maximum atomic E-state index is 12.1. The molecule has 0 radical (unpaired) electrons. The minimum absolute atomic E-state index is 0.137. The number of benzene rings is 1. The molecular weight excluding hydrogens is 276 g/mol. The fourth-order valence-electron chi connectivity index (χ4n) is 2.88. The van der Waals surface area contributed by atoms with E-state index in [1.165, 1.54) is 31.4 Å². The summed E-state index contributed by atoms with van der Waals surface area (Å²) in [6.07, 6.45) is 6.81. The average Bonchev–Trinajstić information content (AvgIpc) is 2.79. The van der Waals surface area contributed by atoms with Crippen LogP contribution in [0.15, 0.2) is 36.5 Å². The quantitative estimate of drug-likeness (QED) is 0.947. The van der Waals surface area contributed by atoms with Crippen LogP contribution in [0.3, 0.4) is 0 Å². The second-order valence-corrected chi connectivity index (χ2v) is 5.74. The van der Waals surface area contributed by atoms with Gasteiger partial charge in [-0.15, -0.1) is 0 Å². The monoisotopic (exact) mass is 298 g/mol. The molecule has 5 heteroatoms. The average molecular weight is 298 g/mol. The van der Waals surface area contributed by atoms with Crippen molar-refractivity contribution in [2.24, 2.45) is 7.05 Å². The van der Waals surface area contributed by atoms with Gasteiger partial charge in [0.25, 0.3) is 5.91 Å². The number of nitrogens with zero attached hydrogens (tertiary/aromatic N) is 3.